The van der Waals surface area contributed by atoms with Crippen molar-refractivity contribution in [2.24, 2.45) is 0 Å². The summed E-state index contributed by atoms with van der Waals surface area (Å²) in [7, 11) is 0. The van der Waals surface area contributed by atoms with Crippen LogP contribution < -0.4 is 5.32 Å². The number of halogens is 1. The summed E-state index contributed by atoms with van der Waals surface area (Å²) in [4.78, 5) is 29.2. The van der Waals surface area contributed by atoms with Crippen LogP contribution in [0.4, 0.5) is 4.39 Å². The van der Waals surface area contributed by atoms with E-state index >= 15 is 0 Å². The second-order valence-electron chi connectivity index (χ2n) is 7.45. The van der Waals surface area contributed by atoms with Crippen LogP contribution in [0.1, 0.15) is 35.2 Å². The van der Waals surface area contributed by atoms with Gasteiger partial charge in [0.1, 0.15) is 5.82 Å². The van der Waals surface area contributed by atoms with E-state index in [1.807, 2.05) is 35.2 Å². The van der Waals surface area contributed by atoms with E-state index in [9.17, 15) is 14.0 Å². The van der Waals surface area contributed by atoms with Gasteiger partial charge in [0.15, 0.2) is 0 Å². The first kappa shape index (κ1) is 21.0. The topological polar surface area (TPSA) is 52.7 Å². The molecule has 1 aliphatic heterocycles. The van der Waals surface area contributed by atoms with Gasteiger partial charge in [0.2, 0.25) is 5.91 Å². The summed E-state index contributed by atoms with van der Waals surface area (Å²) in [6.07, 6.45) is 0.266. The molecule has 1 heterocycles. The first-order valence-electron chi connectivity index (χ1n) is 10.1. The molecule has 0 radical (unpaired) electrons. The highest BCUT2D eigenvalue weighted by molar-refractivity contribution is 5.94. The number of benzene rings is 2. The lowest BCUT2D eigenvalue weighted by atomic mass is 10.00. The fourth-order valence-electron chi connectivity index (χ4n) is 3.60. The minimum atomic E-state index is -0.441. The summed E-state index contributed by atoms with van der Waals surface area (Å²) >= 11 is 0. The van der Waals surface area contributed by atoms with E-state index in [-0.39, 0.29) is 24.2 Å². The number of nitrogens with zero attached hydrogens (tertiary/aromatic N) is 2. The molecule has 0 aromatic heterocycles. The second-order valence-corrected chi connectivity index (χ2v) is 7.45. The molecule has 1 atom stereocenters. The Hall–Kier alpha value is -2.73. The van der Waals surface area contributed by atoms with Gasteiger partial charge in [-0.15, -0.1) is 0 Å². The quantitative estimate of drug-likeness (QED) is 0.782. The molecule has 154 valence electrons. The molecule has 0 aliphatic carbocycles. The van der Waals surface area contributed by atoms with Crippen LogP contribution >= 0.6 is 0 Å². The van der Waals surface area contributed by atoms with Crippen molar-refractivity contribution in [3.63, 3.8) is 0 Å². The minimum Gasteiger partial charge on any atom is -0.340 e. The molecule has 6 heteroatoms. The van der Waals surface area contributed by atoms with Crippen LogP contribution in [-0.4, -0.2) is 60.9 Å². The number of carbonyl (C=O) groups excluding carboxylic acids is 2. The van der Waals surface area contributed by atoms with E-state index in [4.69, 9.17) is 0 Å². The van der Waals surface area contributed by atoms with Gasteiger partial charge in [0.25, 0.3) is 5.91 Å². The zero-order valence-corrected chi connectivity index (χ0v) is 16.8. The smallest absolute Gasteiger partial charge is 0.253 e. The number of carbonyl (C=O) groups is 2. The van der Waals surface area contributed by atoms with Crippen LogP contribution in [0.15, 0.2) is 54.6 Å². The Kier molecular flexibility index (Phi) is 7.36. The van der Waals surface area contributed by atoms with Crippen molar-refractivity contribution in [1.82, 2.24) is 15.1 Å². The Labute approximate surface area is 171 Å². The number of nitrogens with one attached hydrogen (secondary N) is 1. The maximum absolute atomic E-state index is 13.6. The minimum absolute atomic E-state index is 0.0518. The van der Waals surface area contributed by atoms with Crippen molar-refractivity contribution in [3.05, 3.63) is 71.5 Å². The van der Waals surface area contributed by atoms with Gasteiger partial charge in [0, 0.05) is 51.3 Å². The summed E-state index contributed by atoms with van der Waals surface area (Å²) in [5.41, 5.74) is 1.43. The SMILES string of the molecule is CC(CN(CCC(=O)N1CCNCC1)C(=O)c1cccc(F)c1)c1ccccc1. The molecule has 0 saturated carbocycles. The molecule has 1 saturated heterocycles. The lowest BCUT2D eigenvalue weighted by molar-refractivity contribution is -0.131. The third-order valence-corrected chi connectivity index (χ3v) is 5.29. The lowest BCUT2D eigenvalue weighted by Gasteiger charge is -2.30. The van der Waals surface area contributed by atoms with Crippen LogP contribution in [0.5, 0.6) is 0 Å². The predicted octanol–water partition coefficient (Wildman–Crippen LogP) is 2.89. The van der Waals surface area contributed by atoms with Gasteiger partial charge in [-0.2, -0.15) is 0 Å². The number of hydrogen-bond donors (Lipinski definition) is 1. The van der Waals surface area contributed by atoms with Gasteiger partial charge in [-0.05, 0) is 29.7 Å². The van der Waals surface area contributed by atoms with E-state index in [0.29, 0.717) is 31.7 Å². The summed E-state index contributed by atoms with van der Waals surface area (Å²) in [5, 5.41) is 3.23. The Morgan fingerprint density at radius 3 is 2.52 bits per heavy atom. The first-order valence-corrected chi connectivity index (χ1v) is 10.1. The standard InChI is InChI=1S/C23H28FN3O2/c1-18(19-6-3-2-4-7-19)17-27(23(29)20-8-5-9-21(24)16-20)13-10-22(28)26-14-11-25-12-15-26/h2-9,16,18,25H,10-15,17H2,1H3. The first-order chi connectivity index (χ1) is 14.0. The van der Waals surface area contributed by atoms with Crippen LogP contribution in [0.3, 0.4) is 0 Å². The molecule has 1 aliphatic rings. The van der Waals surface area contributed by atoms with Crippen molar-refractivity contribution in [1.29, 1.82) is 0 Å². The van der Waals surface area contributed by atoms with Crippen LogP contribution in [-0.2, 0) is 4.79 Å². The molecule has 1 fully saturated rings. The molecule has 2 amide bonds. The Morgan fingerprint density at radius 2 is 1.83 bits per heavy atom. The second kappa shape index (κ2) is 10.2. The summed E-state index contributed by atoms with van der Waals surface area (Å²) in [6.45, 7) is 5.81. The normalized spacial score (nSPS) is 15.0. The van der Waals surface area contributed by atoms with Crippen molar-refractivity contribution in [2.45, 2.75) is 19.3 Å². The molecule has 1 N–H and O–H groups in total. The fourth-order valence-corrected chi connectivity index (χ4v) is 3.60. The van der Waals surface area contributed by atoms with E-state index in [1.165, 1.54) is 18.2 Å². The van der Waals surface area contributed by atoms with E-state index < -0.39 is 5.82 Å². The maximum Gasteiger partial charge on any atom is 0.253 e. The molecular formula is C23H28FN3O2. The number of piperazine rings is 1. The Balaban J connectivity index is 1.71. The largest absolute Gasteiger partial charge is 0.340 e. The van der Waals surface area contributed by atoms with Crippen molar-refractivity contribution < 1.29 is 14.0 Å². The predicted molar refractivity (Wildman–Crippen MR) is 111 cm³/mol. The molecule has 0 bridgehead atoms. The molecule has 2 aromatic carbocycles. The van der Waals surface area contributed by atoms with Gasteiger partial charge >= 0.3 is 0 Å². The fraction of sp³-hybridized carbons (Fsp3) is 0.391. The van der Waals surface area contributed by atoms with Crippen molar-refractivity contribution in [2.75, 3.05) is 39.3 Å². The zero-order valence-electron chi connectivity index (χ0n) is 16.8. The van der Waals surface area contributed by atoms with Crippen LogP contribution in [0.25, 0.3) is 0 Å². The lowest BCUT2D eigenvalue weighted by Crippen LogP contribution is -2.47. The molecule has 5 nitrogen and oxygen atoms in total. The average molecular weight is 397 g/mol. The average Bonchev–Trinajstić information content (AvgIpc) is 2.77. The summed E-state index contributed by atoms with van der Waals surface area (Å²) in [5.74, 6) is -0.539. The molecule has 29 heavy (non-hydrogen) atoms. The van der Waals surface area contributed by atoms with Crippen molar-refractivity contribution >= 4 is 11.8 Å². The highest BCUT2D eigenvalue weighted by atomic mass is 19.1. The Bertz CT molecular complexity index is 822. The summed E-state index contributed by atoms with van der Waals surface area (Å²) in [6, 6.07) is 15.7. The third kappa shape index (κ3) is 5.87. The summed E-state index contributed by atoms with van der Waals surface area (Å²) < 4.78 is 13.6. The monoisotopic (exact) mass is 397 g/mol. The highest BCUT2D eigenvalue weighted by Crippen LogP contribution is 2.18. The van der Waals surface area contributed by atoms with E-state index in [2.05, 4.69) is 12.2 Å². The molecular weight excluding hydrogens is 369 g/mol. The molecule has 1 unspecified atom stereocenters. The Morgan fingerprint density at radius 1 is 1.10 bits per heavy atom. The van der Waals surface area contributed by atoms with Gasteiger partial charge < -0.3 is 15.1 Å². The number of hydrogen-bond acceptors (Lipinski definition) is 3. The van der Waals surface area contributed by atoms with Crippen LogP contribution in [0.2, 0.25) is 0 Å². The van der Waals surface area contributed by atoms with E-state index in [1.54, 1.807) is 11.0 Å². The van der Waals surface area contributed by atoms with Gasteiger partial charge in [0.05, 0.1) is 0 Å². The van der Waals surface area contributed by atoms with E-state index in [0.717, 1.165) is 18.7 Å². The van der Waals surface area contributed by atoms with Crippen molar-refractivity contribution in [3.8, 4) is 0 Å². The zero-order chi connectivity index (χ0) is 20.6. The molecule has 0 spiro atoms. The number of amides is 2. The number of rotatable bonds is 7. The maximum atomic E-state index is 13.6. The highest BCUT2D eigenvalue weighted by Gasteiger charge is 2.22. The molecule has 3 rings (SSSR count). The van der Waals surface area contributed by atoms with Gasteiger partial charge in [-0.1, -0.05) is 43.3 Å². The molecule has 2 aromatic rings. The third-order valence-electron chi connectivity index (χ3n) is 5.29. The van der Waals surface area contributed by atoms with Crippen LogP contribution in [0, 0.1) is 5.82 Å². The van der Waals surface area contributed by atoms with Gasteiger partial charge in [-0.25, -0.2) is 4.39 Å². The van der Waals surface area contributed by atoms with Gasteiger partial charge in [-0.3, -0.25) is 9.59 Å².